The van der Waals surface area contributed by atoms with Crippen LogP contribution in [0.5, 0.6) is 0 Å². The molecule has 0 atom stereocenters. The SMILES string of the molecule is CCCCc1ccc(S(=O)(=O)N2CCN(S(=O)(=O)c3cccc4nonc34)CC2)cc1. The molecule has 1 aromatic heterocycles. The fourth-order valence-electron chi connectivity index (χ4n) is 3.64. The van der Waals surface area contributed by atoms with E-state index in [2.05, 4.69) is 21.9 Å². The fraction of sp³-hybridized carbons (Fsp3) is 0.400. The highest BCUT2D eigenvalue weighted by atomic mass is 32.2. The van der Waals surface area contributed by atoms with E-state index < -0.39 is 20.0 Å². The van der Waals surface area contributed by atoms with Crippen molar-refractivity contribution in [1.29, 1.82) is 0 Å². The number of hydrogen-bond acceptors (Lipinski definition) is 7. The second-order valence-corrected chi connectivity index (χ2v) is 11.3. The van der Waals surface area contributed by atoms with Gasteiger partial charge in [-0.05, 0) is 53.0 Å². The smallest absolute Gasteiger partial charge is 0.243 e. The van der Waals surface area contributed by atoms with Gasteiger partial charge in [-0.3, -0.25) is 0 Å². The van der Waals surface area contributed by atoms with Gasteiger partial charge in [-0.25, -0.2) is 21.5 Å². The first-order chi connectivity index (χ1) is 14.8. The third kappa shape index (κ3) is 4.22. The molecule has 2 aromatic carbocycles. The number of piperazine rings is 1. The summed E-state index contributed by atoms with van der Waals surface area (Å²) in [6, 6.07) is 11.6. The van der Waals surface area contributed by atoms with Gasteiger partial charge in [-0.15, -0.1) is 0 Å². The predicted molar refractivity (Wildman–Crippen MR) is 114 cm³/mol. The van der Waals surface area contributed by atoms with E-state index in [9.17, 15) is 16.8 Å². The van der Waals surface area contributed by atoms with Crippen molar-refractivity contribution in [3.8, 4) is 0 Å². The maximum Gasteiger partial charge on any atom is 0.245 e. The lowest BCUT2D eigenvalue weighted by molar-refractivity contribution is 0.273. The molecule has 0 bridgehead atoms. The molecule has 0 amide bonds. The molecule has 1 aliphatic heterocycles. The van der Waals surface area contributed by atoms with Crippen molar-refractivity contribution < 1.29 is 21.5 Å². The molecule has 0 radical (unpaired) electrons. The van der Waals surface area contributed by atoms with Crippen LogP contribution in [0, 0.1) is 0 Å². The Labute approximate surface area is 181 Å². The highest BCUT2D eigenvalue weighted by molar-refractivity contribution is 7.89. The Morgan fingerprint density at radius 2 is 1.52 bits per heavy atom. The lowest BCUT2D eigenvalue weighted by Gasteiger charge is -2.33. The first kappa shape index (κ1) is 21.9. The highest BCUT2D eigenvalue weighted by Crippen LogP contribution is 2.26. The minimum absolute atomic E-state index is 0.00484. The molecule has 0 aliphatic carbocycles. The summed E-state index contributed by atoms with van der Waals surface area (Å²) in [5.74, 6) is 0. The van der Waals surface area contributed by atoms with Crippen molar-refractivity contribution in [3.63, 3.8) is 0 Å². The molecule has 2 heterocycles. The van der Waals surface area contributed by atoms with Crippen LogP contribution in [0.2, 0.25) is 0 Å². The first-order valence-corrected chi connectivity index (χ1v) is 13.0. The van der Waals surface area contributed by atoms with Gasteiger partial charge in [0.15, 0.2) is 5.52 Å². The zero-order chi connectivity index (χ0) is 22.1. The van der Waals surface area contributed by atoms with Crippen molar-refractivity contribution in [3.05, 3.63) is 48.0 Å². The average molecular weight is 465 g/mol. The Bertz CT molecular complexity index is 1260. The van der Waals surface area contributed by atoms with Crippen LogP contribution in [0.15, 0.2) is 56.9 Å². The summed E-state index contributed by atoms with van der Waals surface area (Å²) >= 11 is 0. The Hall–Kier alpha value is -2.34. The van der Waals surface area contributed by atoms with E-state index in [1.54, 1.807) is 24.3 Å². The number of aromatic nitrogens is 2. The number of nitrogens with zero attached hydrogens (tertiary/aromatic N) is 4. The van der Waals surface area contributed by atoms with Crippen LogP contribution in [0.4, 0.5) is 0 Å². The van der Waals surface area contributed by atoms with E-state index in [1.165, 1.54) is 14.7 Å². The average Bonchev–Trinajstić information content (AvgIpc) is 3.27. The van der Waals surface area contributed by atoms with Gasteiger partial charge in [-0.1, -0.05) is 31.5 Å². The van der Waals surface area contributed by atoms with Gasteiger partial charge in [0.1, 0.15) is 10.4 Å². The quantitative estimate of drug-likeness (QED) is 0.527. The maximum atomic E-state index is 13.1. The minimum Gasteiger partial charge on any atom is -0.243 e. The van der Waals surface area contributed by atoms with E-state index in [0.717, 1.165) is 24.8 Å². The van der Waals surface area contributed by atoms with Crippen LogP contribution in [0.3, 0.4) is 0 Å². The number of rotatable bonds is 7. The van der Waals surface area contributed by atoms with Crippen molar-refractivity contribution in [2.24, 2.45) is 0 Å². The zero-order valence-electron chi connectivity index (χ0n) is 17.1. The fourth-order valence-corrected chi connectivity index (χ4v) is 6.62. The van der Waals surface area contributed by atoms with Gasteiger partial charge in [0.25, 0.3) is 0 Å². The Kier molecular flexibility index (Phi) is 6.11. The maximum absolute atomic E-state index is 13.1. The Morgan fingerprint density at radius 3 is 2.16 bits per heavy atom. The molecular formula is C20H24N4O5S2. The van der Waals surface area contributed by atoms with Gasteiger partial charge >= 0.3 is 0 Å². The number of hydrogen-bond donors (Lipinski definition) is 0. The van der Waals surface area contributed by atoms with Crippen LogP contribution in [-0.2, 0) is 26.5 Å². The number of fused-ring (bicyclic) bond motifs is 1. The molecule has 166 valence electrons. The second kappa shape index (κ2) is 8.65. The van der Waals surface area contributed by atoms with Crippen molar-refractivity contribution >= 4 is 31.1 Å². The molecule has 0 saturated carbocycles. The lowest BCUT2D eigenvalue weighted by atomic mass is 10.1. The van der Waals surface area contributed by atoms with E-state index in [1.807, 2.05) is 12.1 Å². The number of benzene rings is 2. The van der Waals surface area contributed by atoms with Crippen LogP contribution >= 0.6 is 0 Å². The highest BCUT2D eigenvalue weighted by Gasteiger charge is 2.35. The molecular weight excluding hydrogens is 440 g/mol. The molecule has 1 aliphatic rings. The molecule has 31 heavy (non-hydrogen) atoms. The zero-order valence-corrected chi connectivity index (χ0v) is 18.8. The Morgan fingerprint density at radius 1 is 0.871 bits per heavy atom. The molecule has 1 fully saturated rings. The molecule has 11 heteroatoms. The summed E-state index contributed by atoms with van der Waals surface area (Å²) in [5, 5.41) is 7.38. The summed E-state index contributed by atoms with van der Waals surface area (Å²) < 4.78 is 59.5. The normalized spacial score (nSPS) is 16.7. The summed E-state index contributed by atoms with van der Waals surface area (Å²) in [4.78, 5) is 0.229. The van der Waals surface area contributed by atoms with Crippen LogP contribution in [-0.4, -0.2) is 61.9 Å². The second-order valence-electron chi connectivity index (χ2n) is 7.44. The van der Waals surface area contributed by atoms with Crippen LogP contribution < -0.4 is 0 Å². The molecule has 0 spiro atoms. The van der Waals surface area contributed by atoms with E-state index >= 15 is 0 Å². The summed E-state index contributed by atoms with van der Waals surface area (Å²) in [6.07, 6.45) is 3.05. The number of aryl methyl sites for hydroxylation is 1. The number of unbranched alkanes of at least 4 members (excludes halogenated alkanes) is 1. The summed E-state index contributed by atoms with van der Waals surface area (Å²) in [6.45, 7) is 2.37. The summed E-state index contributed by atoms with van der Waals surface area (Å²) in [7, 11) is -7.54. The van der Waals surface area contributed by atoms with Crippen molar-refractivity contribution in [2.45, 2.75) is 36.0 Å². The van der Waals surface area contributed by atoms with Crippen molar-refractivity contribution in [2.75, 3.05) is 26.2 Å². The summed E-state index contributed by atoms with van der Waals surface area (Å²) in [5.41, 5.74) is 1.62. The van der Waals surface area contributed by atoms with E-state index in [-0.39, 0.29) is 41.5 Å². The minimum atomic E-state index is -3.86. The largest absolute Gasteiger partial charge is 0.245 e. The Balaban J connectivity index is 1.48. The van der Waals surface area contributed by atoms with Gasteiger partial charge in [0.05, 0.1) is 4.90 Å². The first-order valence-electron chi connectivity index (χ1n) is 10.1. The standard InChI is InChI=1S/C20H24N4O5S2/c1-2-3-5-16-8-10-17(11-9-16)30(25,26)23-12-14-24(15-13-23)31(27,28)19-7-4-6-18-20(19)22-29-21-18/h4,6-11H,2-3,5,12-15H2,1H3. The van der Waals surface area contributed by atoms with Gasteiger partial charge in [0.2, 0.25) is 20.0 Å². The van der Waals surface area contributed by atoms with Gasteiger partial charge in [0, 0.05) is 26.2 Å². The molecule has 0 unspecified atom stereocenters. The van der Waals surface area contributed by atoms with E-state index in [0.29, 0.717) is 5.52 Å². The monoisotopic (exact) mass is 464 g/mol. The molecule has 4 rings (SSSR count). The third-order valence-electron chi connectivity index (χ3n) is 5.44. The molecule has 3 aromatic rings. The molecule has 0 N–H and O–H groups in total. The topological polar surface area (TPSA) is 114 Å². The molecule has 1 saturated heterocycles. The third-order valence-corrected chi connectivity index (χ3v) is 9.29. The van der Waals surface area contributed by atoms with Crippen molar-refractivity contribution in [1.82, 2.24) is 18.9 Å². The predicted octanol–water partition coefficient (Wildman–Crippen LogP) is 2.26. The van der Waals surface area contributed by atoms with Crippen LogP contribution in [0.25, 0.3) is 11.0 Å². The van der Waals surface area contributed by atoms with Gasteiger partial charge in [-0.2, -0.15) is 8.61 Å². The van der Waals surface area contributed by atoms with Crippen LogP contribution in [0.1, 0.15) is 25.3 Å². The number of sulfonamides is 2. The lowest BCUT2D eigenvalue weighted by Crippen LogP contribution is -2.50. The van der Waals surface area contributed by atoms with Gasteiger partial charge < -0.3 is 0 Å². The molecule has 9 nitrogen and oxygen atoms in total. The van der Waals surface area contributed by atoms with E-state index in [4.69, 9.17) is 0 Å².